The van der Waals surface area contributed by atoms with Crippen LogP contribution in [-0.4, -0.2) is 24.4 Å². The van der Waals surface area contributed by atoms with Crippen molar-refractivity contribution < 1.29 is 19.1 Å². The number of fused-ring (bicyclic) bond motifs is 1. The Hall–Kier alpha value is -2.19. The lowest BCUT2D eigenvalue weighted by molar-refractivity contribution is -0.119. The quantitative estimate of drug-likeness (QED) is 0.723. The van der Waals surface area contributed by atoms with E-state index in [1.54, 1.807) is 24.3 Å². The molecule has 1 heterocycles. The molecule has 130 valence electrons. The Bertz CT molecular complexity index is 862. The van der Waals surface area contributed by atoms with Crippen molar-refractivity contribution >= 4 is 50.1 Å². The van der Waals surface area contributed by atoms with Crippen molar-refractivity contribution in [2.45, 2.75) is 19.3 Å². The Morgan fingerprint density at radius 2 is 2.08 bits per heavy atom. The van der Waals surface area contributed by atoms with Crippen LogP contribution in [0.25, 0.3) is 0 Å². The highest BCUT2D eigenvalue weighted by Gasteiger charge is 2.26. The summed E-state index contributed by atoms with van der Waals surface area (Å²) >= 11 is 4.63. The summed E-state index contributed by atoms with van der Waals surface area (Å²) in [7, 11) is 0. The van der Waals surface area contributed by atoms with E-state index in [2.05, 4.69) is 21.2 Å². The van der Waals surface area contributed by atoms with Crippen molar-refractivity contribution in [3.8, 4) is 0 Å². The number of primary amides is 1. The summed E-state index contributed by atoms with van der Waals surface area (Å²) in [5.41, 5.74) is 7.10. The Morgan fingerprint density at radius 1 is 1.28 bits per heavy atom. The third-order valence-electron chi connectivity index (χ3n) is 3.82. The lowest BCUT2D eigenvalue weighted by Gasteiger charge is -2.07. The van der Waals surface area contributed by atoms with Gasteiger partial charge in [-0.05, 0) is 43.0 Å². The second-order valence-electron chi connectivity index (χ2n) is 5.56. The number of rotatable bonds is 5. The standard InChI is InChI=1S/C17H15BrN2O4S/c18-10-4-1-3-9(7-10)17(23)24-8-13(21)20-16-14(15(19)22)11-5-2-6-12(11)25-16/h1,3-4,7H,2,5-6,8H2,(H2,19,22)(H,20,21). The zero-order valence-electron chi connectivity index (χ0n) is 13.1. The first kappa shape index (κ1) is 17.6. The number of hydrogen-bond acceptors (Lipinski definition) is 5. The molecule has 3 N–H and O–H groups in total. The van der Waals surface area contributed by atoms with Crippen molar-refractivity contribution in [2.75, 3.05) is 11.9 Å². The third kappa shape index (κ3) is 3.91. The van der Waals surface area contributed by atoms with Gasteiger partial charge in [0, 0.05) is 9.35 Å². The van der Waals surface area contributed by atoms with Crippen molar-refractivity contribution in [1.29, 1.82) is 0 Å². The fourth-order valence-electron chi connectivity index (χ4n) is 2.75. The van der Waals surface area contributed by atoms with E-state index in [0.29, 0.717) is 16.1 Å². The van der Waals surface area contributed by atoms with Gasteiger partial charge in [0.2, 0.25) is 0 Å². The minimum absolute atomic E-state index is 0.343. The number of nitrogens with two attached hydrogens (primary N) is 1. The molecule has 1 aliphatic rings. The SMILES string of the molecule is NC(=O)c1c(NC(=O)COC(=O)c2cccc(Br)c2)sc2c1CCC2. The lowest BCUT2D eigenvalue weighted by atomic mass is 10.1. The summed E-state index contributed by atoms with van der Waals surface area (Å²) in [4.78, 5) is 36.8. The maximum Gasteiger partial charge on any atom is 0.338 e. The third-order valence-corrected chi connectivity index (χ3v) is 5.52. The molecule has 25 heavy (non-hydrogen) atoms. The molecular formula is C17H15BrN2O4S. The van der Waals surface area contributed by atoms with Crippen LogP contribution in [0.2, 0.25) is 0 Å². The maximum atomic E-state index is 12.1. The number of anilines is 1. The van der Waals surface area contributed by atoms with Gasteiger partial charge in [-0.1, -0.05) is 22.0 Å². The molecule has 0 bridgehead atoms. The fourth-order valence-corrected chi connectivity index (χ4v) is 4.46. The van der Waals surface area contributed by atoms with Gasteiger partial charge in [0.05, 0.1) is 11.1 Å². The van der Waals surface area contributed by atoms with Gasteiger partial charge in [0.25, 0.3) is 11.8 Å². The van der Waals surface area contributed by atoms with Crippen molar-refractivity contribution in [3.05, 3.63) is 50.3 Å². The smallest absolute Gasteiger partial charge is 0.338 e. The molecule has 3 rings (SSSR count). The van der Waals surface area contributed by atoms with E-state index < -0.39 is 24.4 Å². The lowest BCUT2D eigenvalue weighted by Crippen LogP contribution is -2.22. The molecule has 0 unspecified atom stereocenters. The molecule has 0 atom stereocenters. The summed E-state index contributed by atoms with van der Waals surface area (Å²) in [5.74, 6) is -1.66. The number of thiophene rings is 1. The van der Waals surface area contributed by atoms with Crippen LogP contribution in [0, 0.1) is 0 Å². The molecule has 0 saturated carbocycles. The molecule has 0 radical (unpaired) electrons. The monoisotopic (exact) mass is 422 g/mol. The van der Waals surface area contributed by atoms with Crippen LogP contribution in [0.15, 0.2) is 28.7 Å². The summed E-state index contributed by atoms with van der Waals surface area (Å²) < 4.78 is 5.75. The molecule has 1 aliphatic carbocycles. The van der Waals surface area contributed by atoms with E-state index >= 15 is 0 Å². The van der Waals surface area contributed by atoms with E-state index in [0.717, 1.165) is 34.2 Å². The summed E-state index contributed by atoms with van der Waals surface area (Å²) in [6.07, 6.45) is 2.66. The minimum atomic E-state index is -0.597. The van der Waals surface area contributed by atoms with Crippen molar-refractivity contribution in [2.24, 2.45) is 5.73 Å². The van der Waals surface area contributed by atoms with E-state index in [-0.39, 0.29) is 0 Å². The number of carbonyl (C=O) groups excluding carboxylic acids is 3. The van der Waals surface area contributed by atoms with Crippen LogP contribution >= 0.6 is 27.3 Å². The van der Waals surface area contributed by atoms with Crippen LogP contribution in [0.1, 0.15) is 37.6 Å². The zero-order chi connectivity index (χ0) is 18.0. The highest BCUT2D eigenvalue weighted by molar-refractivity contribution is 9.10. The second-order valence-corrected chi connectivity index (χ2v) is 7.58. The molecule has 2 aromatic rings. The normalized spacial score (nSPS) is 12.5. The zero-order valence-corrected chi connectivity index (χ0v) is 15.5. The minimum Gasteiger partial charge on any atom is -0.452 e. The highest BCUT2D eigenvalue weighted by Crippen LogP contribution is 2.38. The van der Waals surface area contributed by atoms with Gasteiger partial charge >= 0.3 is 5.97 Å². The van der Waals surface area contributed by atoms with Gasteiger partial charge in [-0.15, -0.1) is 11.3 Å². The molecule has 6 nitrogen and oxygen atoms in total. The number of hydrogen-bond donors (Lipinski definition) is 2. The molecule has 1 aromatic heterocycles. The highest BCUT2D eigenvalue weighted by atomic mass is 79.9. The molecule has 2 amide bonds. The van der Waals surface area contributed by atoms with E-state index in [1.165, 1.54) is 11.3 Å². The van der Waals surface area contributed by atoms with Crippen LogP contribution in [0.3, 0.4) is 0 Å². The molecule has 0 fully saturated rings. The van der Waals surface area contributed by atoms with Gasteiger partial charge in [-0.2, -0.15) is 0 Å². The predicted octanol–water partition coefficient (Wildman–Crippen LogP) is 2.89. The number of ether oxygens (including phenoxy) is 1. The number of nitrogens with one attached hydrogen (secondary N) is 1. The number of carbonyl (C=O) groups is 3. The van der Waals surface area contributed by atoms with E-state index in [4.69, 9.17) is 10.5 Å². The van der Waals surface area contributed by atoms with Crippen LogP contribution in [0.4, 0.5) is 5.00 Å². The Kier molecular flexibility index (Phi) is 5.19. The number of amides is 2. The number of halogens is 1. The van der Waals surface area contributed by atoms with Crippen LogP contribution in [0.5, 0.6) is 0 Å². The Labute approximate surface area is 156 Å². The van der Waals surface area contributed by atoms with E-state index in [1.807, 2.05) is 0 Å². The Morgan fingerprint density at radius 3 is 2.80 bits per heavy atom. The van der Waals surface area contributed by atoms with Crippen LogP contribution in [-0.2, 0) is 22.4 Å². The van der Waals surface area contributed by atoms with Crippen LogP contribution < -0.4 is 11.1 Å². The fraction of sp³-hybridized carbons (Fsp3) is 0.235. The van der Waals surface area contributed by atoms with Gasteiger partial charge in [-0.3, -0.25) is 9.59 Å². The molecule has 0 spiro atoms. The predicted molar refractivity (Wildman–Crippen MR) is 97.9 cm³/mol. The van der Waals surface area contributed by atoms with Gasteiger partial charge < -0.3 is 15.8 Å². The van der Waals surface area contributed by atoms with Gasteiger partial charge in [0.1, 0.15) is 5.00 Å². The topological polar surface area (TPSA) is 98.5 Å². The summed E-state index contributed by atoms with van der Waals surface area (Å²) in [6.45, 7) is -0.438. The van der Waals surface area contributed by atoms with E-state index in [9.17, 15) is 14.4 Å². The first-order valence-corrected chi connectivity index (χ1v) is 9.23. The molecule has 8 heteroatoms. The van der Waals surface area contributed by atoms with Crippen molar-refractivity contribution in [1.82, 2.24) is 0 Å². The van der Waals surface area contributed by atoms with Gasteiger partial charge in [-0.25, -0.2) is 4.79 Å². The first-order chi connectivity index (χ1) is 12.0. The van der Waals surface area contributed by atoms with Gasteiger partial charge in [0.15, 0.2) is 6.61 Å². The number of aryl methyl sites for hydroxylation is 1. The first-order valence-electron chi connectivity index (χ1n) is 7.62. The average molecular weight is 423 g/mol. The largest absolute Gasteiger partial charge is 0.452 e. The maximum absolute atomic E-state index is 12.1. The van der Waals surface area contributed by atoms with Crippen molar-refractivity contribution in [3.63, 3.8) is 0 Å². The molecule has 0 aliphatic heterocycles. The summed E-state index contributed by atoms with van der Waals surface area (Å²) in [6, 6.07) is 6.69. The second kappa shape index (κ2) is 7.37. The molecule has 0 saturated heterocycles. The number of benzene rings is 1. The molecular weight excluding hydrogens is 408 g/mol. The summed E-state index contributed by atoms with van der Waals surface area (Å²) in [5, 5.41) is 3.06. The average Bonchev–Trinajstić information content (AvgIpc) is 3.12. The number of esters is 1. The Balaban J connectivity index is 1.64. The molecule has 1 aromatic carbocycles.